The van der Waals surface area contributed by atoms with Crippen LogP contribution in [-0.4, -0.2) is 6.09 Å². The Morgan fingerprint density at radius 1 is 1.00 bits per heavy atom. The second-order valence-corrected chi connectivity index (χ2v) is 7.30. The third kappa shape index (κ3) is 4.24. The van der Waals surface area contributed by atoms with Gasteiger partial charge in [-0.1, -0.05) is 67.6 Å². The number of hydrogen-bond donors (Lipinski definition) is 2. The van der Waals surface area contributed by atoms with Crippen molar-refractivity contribution in [3.8, 4) is 0 Å². The number of carbonyl (C=O) groups excluding carboxylic acids is 1. The van der Waals surface area contributed by atoms with Crippen LogP contribution in [0.4, 0.5) is 14.9 Å². The molecule has 0 radical (unpaired) electrons. The van der Waals surface area contributed by atoms with Crippen molar-refractivity contribution in [3.63, 3.8) is 0 Å². The Hall–Kier alpha value is -3.34. The molecule has 5 heteroatoms. The van der Waals surface area contributed by atoms with Gasteiger partial charge in [-0.05, 0) is 34.9 Å². The Morgan fingerprint density at radius 2 is 1.69 bits per heavy atom. The number of anilines is 1. The van der Waals surface area contributed by atoms with Gasteiger partial charge in [-0.25, -0.2) is 9.18 Å². The fourth-order valence-electron chi connectivity index (χ4n) is 3.83. The quantitative estimate of drug-likeness (QED) is 0.610. The van der Waals surface area contributed by atoms with Crippen LogP contribution in [-0.2, 0) is 11.3 Å². The summed E-state index contributed by atoms with van der Waals surface area (Å²) < 4.78 is 18.8. The van der Waals surface area contributed by atoms with Gasteiger partial charge in [0.2, 0.25) is 0 Å². The molecule has 0 bridgehead atoms. The first-order valence-corrected chi connectivity index (χ1v) is 9.70. The number of rotatable bonds is 4. The summed E-state index contributed by atoms with van der Waals surface area (Å²) in [5, 5.41) is 6.56. The molecule has 0 aliphatic carbocycles. The summed E-state index contributed by atoms with van der Waals surface area (Å²) in [7, 11) is 0. The zero-order valence-corrected chi connectivity index (χ0v) is 16.1. The number of alkyl carbamates (subject to hydrolysis) is 1. The second-order valence-electron chi connectivity index (χ2n) is 7.30. The largest absolute Gasteiger partial charge is 0.445 e. The lowest BCUT2D eigenvalue weighted by Crippen LogP contribution is -2.40. The maximum Gasteiger partial charge on any atom is 0.407 e. The SMILES string of the molecule is C[C@@H]1[C@@H](c2ccc(F)cc2)Nc2ccccc2[C@H]1NC(=O)OCc1ccccc1. The van der Waals surface area contributed by atoms with Crippen molar-refractivity contribution in [2.45, 2.75) is 25.6 Å². The predicted molar refractivity (Wildman–Crippen MR) is 111 cm³/mol. The van der Waals surface area contributed by atoms with Gasteiger partial charge in [0.15, 0.2) is 0 Å². The van der Waals surface area contributed by atoms with Gasteiger partial charge < -0.3 is 15.4 Å². The minimum absolute atomic E-state index is 0.0274. The zero-order valence-electron chi connectivity index (χ0n) is 16.1. The lowest BCUT2D eigenvalue weighted by molar-refractivity contribution is 0.130. The molecule has 4 rings (SSSR count). The molecule has 1 heterocycles. The van der Waals surface area contributed by atoms with E-state index in [9.17, 15) is 9.18 Å². The maximum absolute atomic E-state index is 13.4. The Bertz CT molecular complexity index is 976. The smallest absolute Gasteiger partial charge is 0.407 e. The van der Waals surface area contributed by atoms with Crippen LogP contribution in [0, 0.1) is 11.7 Å². The fourth-order valence-corrected chi connectivity index (χ4v) is 3.83. The Balaban J connectivity index is 1.53. The van der Waals surface area contributed by atoms with E-state index in [2.05, 4.69) is 17.6 Å². The molecule has 3 atom stereocenters. The molecule has 3 aromatic carbocycles. The van der Waals surface area contributed by atoms with Gasteiger partial charge in [0.1, 0.15) is 12.4 Å². The van der Waals surface area contributed by atoms with Gasteiger partial charge in [0.25, 0.3) is 0 Å². The Morgan fingerprint density at radius 3 is 2.45 bits per heavy atom. The highest BCUT2D eigenvalue weighted by atomic mass is 19.1. The molecule has 3 aromatic rings. The first-order chi connectivity index (χ1) is 14.1. The van der Waals surface area contributed by atoms with Crippen LogP contribution in [0.5, 0.6) is 0 Å². The van der Waals surface area contributed by atoms with Crippen LogP contribution in [0.3, 0.4) is 0 Å². The van der Waals surface area contributed by atoms with Crippen molar-refractivity contribution in [2.75, 3.05) is 5.32 Å². The number of ether oxygens (including phenoxy) is 1. The molecule has 0 unspecified atom stereocenters. The van der Waals surface area contributed by atoms with Crippen molar-refractivity contribution in [2.24, 2.45) is 5.92 Å². The summed E-state index contributed by atoms with van der Waals surface area (Å²) in [6, 6.07) is 23.7. The van der Waals surface area contributed by atoms with Gasteiger partial charge in [0.05, 0.1) is 12.1 Å². The number of carbonyl (C=O) groups is 1. The van der Waals surface area contributed by atoms with Crippen molar-refractivity contribution >= 4 is 11.8 Å². The highest BCUT2D eigenvalue weighted by Crippen LogP contribution is 2.43. The van der Waals surface area contributed by atoms with E-state index in [0.717, 1.165) is 22.4 Å². The number of hydrogen-bond acceptors (Lipinski definition) is 3. The summed E-state index contributed by atoms with van der Waals surface area (Å²) in [6.07, 6.45) is -0.458. The number of para-hydroxylation sites is 1. The molecule has 0 aromatic heterocycles. The minimum atomic E-state index is -0.458. The topological polar surface area (TPSA) is 50.4 Å². The minimum Gasteiger partial charge on any atom is -0.445 e. The van der Waals surface area contributed by atoms with Crippen LogP contribution < -0.4 is 10.6 Å². The molecule has 1 amide bonds. The third-order valence-electron chi connectivity index (χ3n) is 5.37. The van der Waals surface area contributed by atoms with Gasteiger partial charge in [0, 0.05) is 11.6 Å². The van der Waals surface area contributed by atoms with Crippen LogP contribution in [0.15, 0.2) is 78.9 Å². The first kappa shape index (κ1) is 19.0. The maximum atomic E-state index is 13.4. The van der Waals surface area contributed by atoms with Crippen LogP contribution >= 0.6 is 0 Å². The number of fused-ring (bicyclic) bond motifs is 1. The van der Waals surface area contributed by atoms with E-state index in [4.69, 9.17) is 4.74 Å². The molecule has 29 heavy (non-hydrogen) atoms. The molecule has 0 saturated carbocycles. The monoisotopic (exact) mass is 390 g/mol. The van der Waals surface area contributed by atoms with Crippen molar-refractivity contribution in [3.05, 3.63) is 101 Å². The highest BCUT2D eigenvalue weighted by molar-refractivity contribution is 5.69. The number of nitrogens with one attached hydrogen (secondary N) is 2. The average molecular weight is 390 g/mol. The van der Waals surface area contributed by atoms with Gasteiger partial charge in [-0.3, -0.25) is 0 Å². The van der Waals surface area contributed by atoms with E-state index in [0.29, 0.717) is 0 Å². The summed E-state index contributed by atoms with van der Waals surface area (Å²) in [4.78, 5) is 12.5. The lowest BCUT2D eigenvalue weighted by atomic mass is 9.81. The summed E-state index contributed by atoms with van der Waals surface area (Å²) in [6.45, 7) is 2.29. The van der Waals surface area contributed by atoms with Crippen molar-refractivity contribution < 1.29 is 13.9 Å². The molecular weight excluding hydrogens is 367 g/mol. The lowest BCUT2D eigenvalue weighted by Gasteiger charge is -2.39. The number of amides is 1. The van der Waals surface area contributed by atoms with Gasteiger partial charge in [-0.15, -0.1) is 0 Å². The summed E-state index contributed by atoms with van der Waals surface area (Å²) >= 11 is 0. The van der Waals surface area contributed by atoms with E-state index in [1.54, 1.807) is 12.1 Å². The van der Waals surface area contributed by atoms with E-state index in [1.807, 2.05) is 54.6 Å². The summed E-state index contributed by atoms with van der Waals surface area (Å²) in [5.41, 5.74) is 3.87. The molecule has 1 aliphatic heterocycles. The molecule has 0 saturated heterocycles. The normalized spacial score (nSPS) is 20.3. The van der Waals surface area contributed by atoms with E-state index >= 15 is 0 Å². The summed E-state index contributed by atoms with van der Waals surface area (Å²) in [5.74, 6) is -0.239. The number of halogens is 1. The number of benzene rings is 3. The van der Waals surface area contributed by atoms with Gasteiger partial charge in [-0.2, -0.15) is 0 Å². The molecule has 0 fully saturated rings. The first-order valence-electron chi connectivity index (χ1n) is 9.70. The second kappa shape index (κ2) is 8.35. The van der Waals surface area contributed by atoms with Crippen LogP contribution in [0.25, 0.3) is 0 Å². The zero-order chi connectivity index (χ0) is 20.2. The Kier molecular flexibility index (Phi) is 5.47. The average Bonchev–Trinajstić information content (AvgIpc) is 2.75. The van der Waals surface area contributed by atoms with Gasteiger partial charge >= 0.3 is 6.09 Å². The molecular formula is C24H23FN2O2. The Labute approximate surface area is 169 Å². The highest BCUT2D eigenvalue weighted by Gasteiger charge is 2.35. The fraction of sp³-hybridized carbons (Fsp3) is 0.208. The predicted octanol–water partition coefficient (Wildman–Crippen LogP) is 5.60. The molecule has 0 spiro atoms. The third-order valence-corrected chi connectivity index (χ3v) is 5.37. The standard InChI is InChI=1S/C24H23FN2O2/c1-16-22(18-11-13-19(25)14-12-18)26-21-10-6-5-9-20(21)23(16)27-24(28)29-15-17-7-3-2-4-8-17/h2-14,16,22-23,26H,15H2,1H3,(H,27,28)/t16-,22+,23+/m1/s1. The van der Waals surface area contributed by atoms with Crippen molar-refractivity contribution in [1.29, 1.82) is 0 Å². The van der Waals surface area contributed by atoms with Crippen LogP contribution in [0.1, 0.15) is 35.7 Å². The van der Waals surface area contributed by atoms with E-state index < -0.39 is 6.09 Å². The molecule has 4 nitrogen and oxygen atoms in total. The van der Waals surface area contributed by atoms with E-state index in [-0.39, 0.29) is 30.4 Å². The molecule has 148 valence electrons. The van der Waals surface area contributed by atoms with E-state index in [1.165, 1.54) is 12.1 Å². The molecule has 1 aliphatic rings. The van der Waals surface area contributed by atoms with Crippen LogP contribution in [0.2, 0.25) is 0 Å². The molecule has 2 N–H and O–H groups in total. The van der Waals surface area contributed by atoms with Crippen molar-refractivity contribution in [1.82, 2.24) is 5.32 Å².